The Morgan fingerprint density at radius 1 is 0.841 bits per heavy atom. The Labute approximate surface area is 270 Å². The van der Waals surface area contributed by atoms with Crippen LogP contribution in [0.5, 0.6) is 11.5 Å². The zero-order chi connectivity index (χ0) is 32.2. The molecule has 236 valence electrons. The van der Waals surface area contributed by atoms with Gasteiger partial charge in [-0.05, 0) is 100 Å². The molecule has 1 aliphatic carbocycles. The van der Waals surface area contributed by atoms with Crippen LogP contribution in [0.2, 0.25) is 0 Å². The van der Waals surface area contributed by atoms with Crippen molar-refractivity contribution in [3.05, 3.63) is 93.7 Å². The van der Waals surface area contributed by atoms with E-state index in [1.54, 1.807) is 28.4 Å². The second-order valence-corrected chi connectivity index (χ2v) is 12.9. The molecule has 2 heterocycles. The number of ether oxygens (including phenoxy) is 3. The molecule has 0 bridgehead atoms. The Bertz CT molecular complexity index is 1540. The molecule has 2 aromatic rings. The van der Waals surface area contributed by atoms with Crippen molar-refractivity contribution in [2.75, 3.05) is 46.4 Å². The van der Waals surface area contributed by atoms with E-state index in [0.717, 1.165) is 48.9 Å². The van der Waals surface area contributed by atoms with Crippen molar-refractivity contribution >= 4 is 28.7 Å². The fourth-order valence-electron chi connectivity index (χ4n) is 6.81. The first-order valence-electron chi connectivity index (χ1n) is 15.7. The maximum absolute atomic E-state index is 7.12. The summed E-state index contributed by atoms with van der Waals surface area (Å²) in [5.41, 5.74) is 9.85. The highest BCUT2D eigenvalue weighted by molar-refractivity contribution is 6.32. The quantitative estimate of drug-likeness (QED) is 0.290. The number of allylic oxidation sites excluding steroid dienone is 8. The van der Waals surface area contributed by atoms with E-state index in [1.165, 1.54) is 45.1 Å². The second-order valence-electron chi connectivity index (χ2n) is 12.6. The van der Waals surface area contributed by atoms with Gasteiger partial charge in [0.1, 0.15) is 18.0 Å². The van der Waals surface area contributed by atoms with Gasteiger partial charge in [0.15, 0.2) is 5.71 Å². The summed E-state index contributed by atoms with van der Waals surface area (Å²) in [5, 5.41) is 0.890. The molecule has 6 heteroatoms. The highest BCUT2D eigenvalue weighted by atomic mass is 35.5. The zero-order valence-electron chi connectivity index (χ0n) is 28.3. The van der Waals surface area contributed by atoms with E-state index < -0.39 is 0 Å². The molecule has 5 nitrogen and oxygen atoms in total. The number of hydrogen-bond donors (Lipinski definition) is 0. The van der Waals surface area contributed by atoms with E-state index in [4.69, 9.17) is 21.1 Å². The third-order valence-electron chi connectivity index (χ3n) is 9.17. The van der Waals surface area contributed by atoms with Crippen LogP contribution in [0.25, 0.3) is 0 Å². The lowest BCUT2D eigenvalue weighted by Gasteiger charge is -2.26. The molecule has 0 N–H and O–H groups in total. The first-order chi connectivity index (χ1) is 21.0. The van der Waals surface area contributed by atoms with E-state index >= 15 is 0 Å². The minimum Gasteiger partial charge on any atom is -0.497 e. The Morgan fingerprint density at radius 3 is 2.09 bits per heavy atom. The molecule has 0 fully saturated rings. The van der Waals surface area contributed by atoms with Crippen molar-refractivity contribution in [3.63, 3.8) is 0 Å². The Hall–Kier alpha value is -3.28. The molecule has 0 amide bonds. The Kier molecular flexibility index (Phi) is 10.5. The monoisotopic (exact) mass is 617 g/mol. The van der Waals surface area contributed by atoms with Crippen molar-refractivity contribution in [2.24, 2.45) is 0 Å². The van der Waals surface area contributed by atoms with Crippen molar-refractivity contribution in [2.45, 2.75) is 71.6 Å². The van der Waals surface area contributed by atoms with Gasteiger partial charge >= 0.3 is 0 Å². The fourth-order valence-corrected chi connectivity index (χ4v) is 7.13. The number of likely N-dealkylation sites (N-methyl/N-ethyl adjacent to an activating group) is 1. The third kappa shape index (κ3) is 6.14. The van der Waals surface area contributed by atoms with Gasteiger partial charge in [-0.15, -0.1) is 0 Å². The standard InChI is InChI=1S/C36H44ClN2O2.C2H6O/c1-9-38-30-18-16-26(40-7)22-28(30)35(3,4)32(38)20-14-24-12-11-13-25(34(24)37)15-21-33-36(5,6)29-23-27(41-8)17-19-31(29)39(33)10-2;1-3-2/h14-23H,9-13H2,1-8H3;1-2H3/q+1;. The maximum atomic E-state index is 7.12. The summed E-state index contributed by atoms with van der Waals surface area (Å²) in [6.45, 7) is 15.4. The minimum absolute atomic E-state index is 0.128. The molecule has 44 heavy (non-hydrogen) atoms. The molecule has 0 unspecified atom stereocenters. The van der Waals surface area contributed by atoms with Gasteiger partial charge in [0.05, 0.1) is 19.6 Å². The smallest absolute Gasteiger partial charge is 0.210 e. The number of methoxy groups -OCH3 is 3. The van der Waals surface area contributed by atoms with Crippen LogP contribution in [0.4, 0.5) is 11.4 Å². The molecule has 2 aliphatic heterocycles. The summed E-state index contributed by atoms with van der Waals surface area (Å²) in [4.78, 5) is 2.41. The molecule has 2 aromatic carbocycles. The molecule has 0 radical (unpaired) electrons. The third-order valence-corrected chi connectivity index (χ3v) is 9.66. The summed E-state index contributed by atoms with van der Waals surface area (Å²) < 4.78 is 17.8. The first kappa shape index (κ1) is 33.6. The Balaban J connectivity index is 0.00000141. The summed E-state index contributed by atoms with van der Waals surface area (Å²) in [7, 11) is 6.71. The average Bonchev–Trinajstić information content (AvgIpc) is 3.37. The number of hydrogen-bond acceptors (Lipinski definition) is 4. The van der Waals surface area contributed by atoms with Crippen molar-refractivity contribution in [3.8, 4) is 11.5 Å². The van der Waals surface area contributed by atoms with Gasteiger partial charge in [0.2, 0.25) is 5.69 Å². The van der Waals surface area contributed by atoms with Gasteiger partial charge in [-0.25, -0.2) is 0 Å². The van der Waals surface area contributed by atoms with Crippen LogP contribution >= 0.6 is 11.6 Å². The molecule has 0 aromatic heterocycles. The molecular weight excluding hydrogens is 568 g/mol. The van der Waals surface area contributed by atoms with E-state index in [0.29, 0.717) is 0 Å². The number of rotatable bonds is 7. The first-order valence-corrected chi connectivity index (χ1v) is 16.1. The van der Waals surface area contributed by atoms with Crippen LogP contribution in [-0.2, 0) is 15.6 Å². The molecule has 0 atom stereocenters. The van der Waals surface area contributed by atoms with Gasteiger partial charge in [0.25, 0.3) is 0 Å². The molecule has 5 rings (SSSR count). The number of benzene rings is 2. The van der Waals surface area contributed by atoms with Gasteiger partial charge in [0, 0.05) is 60.3 Å². The van der Waals surface area contributed by atoms with Gasteiger partial charge in [-0.2, -0.15) is 4.58 Å². The van der Waals surface area contributed by atoms with Crippen LogP contribution in [0.1, 0.15) is 71.9 Å². The molecule has 0 saturated carbocycles. The largest absolute Gasteiger partial charge is 0.497 e. The van der Waals surface area contributed by atoms with Crippen LogP contribution in [0.3, 0.4) is 0 Å². The van der Waals surface area contributed by atoms with E-state index in [-0.39, 0.29) is 10.8 Å². The number of anilines is 1. The van der Waals surface area contributed by atoms with E-state index in [9.17, 15) is 0 Å². The average molecular weight is 618 g/mol. The normalized spacial score (nSPS) is 20.3. The van der Waals surface area contributed by atoms with Crippen molar-refractivity contribution < 1.29 is 18.8 Å². The molecular formula is C38H50ClN2O3+. The Morgan fingerprint density at radius 2 is 1.48 bits per heavy atom. The van der Waals surface area contributed by atoms with E-state index in [2.05, 4.69) is 116 Å². The highest BCUT2D eigenvalue weighted by Crippen LogP contribution is 2.49. The van der Waals surface area contributed by atoms with Gasteiger partial charge < -0.3 is 19.1 Å². The molecule has 3 aliphatic rings. The lowest BCUT2D eigenvalue weighted by Crippen LogP contribution is -2.27. The summed E-state index contributed by atoms with van der Waals surface area (Å²) in [6.07, 6.45) is 12.2. The maximum Gasteiger partial charge on any atom is 0.210 e. The van der Waals surface area contributed by atoms with Crippen LogP contribution < -0.4 is 14.4 Å². The second kappa shape index (κ2) is 13.8. The summed E-state index contributed by atoms with van der Waals surface area (Å²) in [5.74, 6) is 1.80. The highest BCUT2D eigenvalue weighted by Gasteiger charge is 2.44. The predicted molar refractivity (Wildman–Crippen MR) is 185 cm³/mol. The predicted octanol–water partition coefficient (Wildman–Crippen LogP) is 9.22. The number of nitrogens with zero attached hydrogens (tertiary/aromatic N) is 2. The molecule has 0 saturated heterocycles. The summed E-state index contributed by atoms with van der Waals surface area (Å²) in [6, 6.07) is 12.8. The van der Waals surface area contributed by atoms with Crippen molar-refractivity contribution in [1.82, 2.24) is 0 Å². The van der Waals surface area contributed by atoms with Gasteiger partial charge in [-0.1, -0.05) is 37.6 Å². The lowest BCUT2D eigenvalue weighted by atomic mass is 9.81. The minimum atomic E-state index is -0.128. The number of halogens is 1. The SMILES string of the molecule is CCN1/C(=C/C=C2\CCCC(/C=C/C3=[N+](CC)c4ccc(OC)cc4C3(C)C)=C2Cl)C(C)(C)c2cc(OC)ccc21.COC. The van der Waals surface area contributed by atoms with Crippen molar-refractivity contribution in [1.29, 1.82) is 0 Å². The van der Waals surface area contributed by atoms with E-state index in [1.807, 2.05) is 0 Å². The van der Waals surface area contributed by atoms with Gasteiger partial charge in [-0.3, -0.25) is 0 Å². The zero-order valence-corrected chi connectivity index (χ0v) is 29.1. The fraction of sp³-hybridized carbons (Fsp3) is 0.447. The summed E-state index contributed by atoms with van der Waals surface area (Å²) >= 11 is 7.12. The number of fused-ring (bicyclic) bond motifs is 2. The lowest BCUT2D eigenvalue weighted by molar-refractivity contribution is -0.433. The molecule has 0 spiro atoms. The van der Waals surface area contributed by atoms with Crippen LogP contribution in [-0.4, -0.2) is 51.8 Å². The topological polar surface area (TPSA) is 33.9 Å². The van der Waals surface area contributed by atoms with Crippen LogP contribution in [0, 0.1) is 0 Å². The van der Waals surface area contributed by atoms with Crippen LogP contribution in [0.15, 0.2) is 82.6 Å².